The van der Waals surface area contributed by atoms with E-state index in [2.05, 4.69) is 27.7 Å². The number of nitrogens with zero attached hydrogens (tertiary/aromatic N) is 1. The molecule has 0 amide bonds. The topological polar surface area (TPSA) is 42.4 Å². The highest BCUT2D eigenvalue weighted by Gasteiger charge is 2.52. The maximum atomic E-state index is 13.6. The second kappa shape index (κ2) is 6.86. The van der Waals surface area contributed by atoms with Crippen LogP contribution in [0.2, 0.25) is 0 Å². The molecule has 0 bridgehead atoms. The zero-order valence-electron chi connectivity index (χ0n) is 18.5. The number of ether oxygens (including phenoxy) is 1. The molecule has 2 atom stereocenters. The number of pyridine rings is 1. The minimum atomic E-state index is -0.515. The average Bonchev–Trinajstić information content (AvgIpc) is 3.26. The molecule has 1 spiro atoms. The lowest BCUT2D eigenvalue weighted by Gasteiger charge is -2.38. The Morgan fingerprint density at radius 2 is 1.77 bits per heavy atom. The highest BCUT2D eigenvalue weighted by Crippen LogP contribution is 2.59. The summed E-state index contributed by atoms with van der Waals surface area (Å²) in [5, 5.41) is 11.3. The van der Waals surface area contributed by atoms with Crippen LogP contribution in [0.25, 0.3) is 0 Å². The number of rotatable bonds is 2. The van der Waals surface area contributed by atoms with E-state index >= 15 is 0 Å². The van der Waals surface area contributed by atoms with E-state index < -0.39 is 6.10 Å². The van der Waals surface area contributed by atoms with Gasteiger partial charge in [-0.1, -0.05) is 52.7 Å². The Kier molecular flexibility index (Phi) is 4.61. The quantitative estimate of drug-likeness (QED) is 0.638. The van der Waals surface area contributed by atoms with E-state index in [1.165, 1.54) is 17.7 Å². The molecule has 1 N–H and O–H groups in total. The monoisotopic (exact) mass is 409 g/mol. The van der Waals surface area contributed by atoms with Crippen molar-refractivity contribution in [2.75, 3.05) is 0 Å². The SMILES string of the molecule is CC(C)c1nc2c(c3c1[C@@H](c1ccc(F)cc1)OC31CCCC1)C(O)CC(C)(C)C2. The minimum Gasteiger partial charge on any atom is -0.388 e. The molecule has 1 aromatic carbocycles. The van der Waals surface area contributed by atoms with Gasteiger partial charge in [0.1, 0.15) is 11.9 Å². The van der Waals surface area contributed by atoms with Crippen molar-refractivity contribution in [3.05, 3.63) is 63.7 Å². The van der Waals surface area contributed by atoms with Gasteiger partial charge in [0.25, 0.3) is 0 Å². The van der Waals surface area contributed by atoms with Crippen molar-refractivity contribution in [1.82, 2.24) is 4.98 Å². The molecule has 2 aliphatic carbocycles. The van der Waals surface area contributed by atoms with Crippen LogP contribution in [0, 0.1) is 11.2 Å². The number of fused-ring (bicyclic) bond motifs is 4. The van der Waals surface area contributed by atoms with Crippen molar-refractivity contribution in [1.29, 1.82) is 0 Å². The fraction of sp³-hybridized carbons (Fsp3) is 0.577. The van der Waals surface area contributed by atoms with Gasteiger partial charge in [-0.05, 0) is 60.3 Å². The minimum absolute atomic E-state index is 0.0283. The Labute approximate surface area is 178 Å². The molecule has 30 heavy (non-hydrogen) atoms. The van der Waals surface area contributed by atoms with E-state index in [0.717, 1.165) is 66.6 Å². The number of hydrogen-bond donors (Lipinski definition) is 1. The number of hydrogen-bond acceptors (Lipinski definition) is 3. The van der Waals surface area contributed by atoms with Gasteiger partial charge in [0.15, 0.2) is 0 Å². The Morgan fingerprint density at radius 3 is 2.40 bits per heavy atom. The summed E-state index contributed by atoms with van der Waals surface area (Å²) in [6, 6.07) is 6.69. The van der Waals surface area contributed by atoms with E-state index in [1.54, 1.807) is 0 Å². The third kappa shape index (κ3) is 3.03. The maximum absolute atomic E-state index is 13.6. The van der Waals surface area contributed by atoms with Gasteiger partial charge in [-0.2, -0.15) is 0 Å². The summed E-state index contributed by atoms with van der Waals surface area (Å²) in [5.74, 6) is 0.00665. The van der Waals surface area contributed by atoms with Gasteiger partial charge < -0.3 is 9.84 Å². The van der Waals surface area contributed by atoms with Crippen LogP contribution in [0.15, 0.2) is 24.3 Å². The predicted molar refractivity (Wildman–Crippen MR) is 115 cm³/mol. The summed E-state index contributed by atoms with van der Waals surface area (Å²) in [4.78, 5) is 5.16. The molecule has 1 fully saturated rings. The van der Waals surface area contributed by atoms with Crippen molar-refractivity contribution in [2.24, 2.45) is 5.41 Å². The lowest BCUT2D eigenvalue weighted by atomic mass is 9.70. The van der Waals surface area contributed by atoms with Crippen molar-refractivity contribution in [3.63, 3.8) is 0 Å². The van der Waals surface area contributed by atoms with Crippen LogP contribution in [0.4, 0.5) is 4.39 Å². The summed E-state index contributed by atoms with van der Waals surface area (Å²) in [7, 11) is 0. The van der Waals surface area contributed by atoms with E-state index in [0.29, 0.717) is 0 Å². The van der Waals surface area contributed by atoms with Gasteiger partial charge in [0.05, 0.1) is 11.7 Å². The molecule has 3 aliphatic rings. The van der Waals surface area contributed by atoms with Crippen LogP contribution in [0.3, 0.4) is 0 Å². The molecule has 160 valence electrons. The first kappa shape index (κ1) is 20.1. The average molecular weight is 410 g/mol. The largest absolute Gasteiger partial charge is 0.388 e. The molecule has 4 heteroatoms. The molecule has 1 unspecified atom stereocenters. The van der Waals surface area contributed by atoms with Gasteiger partial charge in [-0.25, -0.2) is 4.39 Å². The van der Waals surface area contributed by atoms with E-state index in [9.17, 15) is 9.50 Å². The van der Waals surface area contributed by atoms with Crippen molar-refractivity contribution in [2.45, 2.75) is 89.9 Å². The van der Waals surface area contributed by atoms with E-state index in [-0.39, 0.29) is 28.9 Å². The van der Waals surface area contributed by atoms with Crippen LogP contribution in [-0.4, -0.2) is 10.1 Å². The highest BCUT2D eigenvalue weighted by atomic mass is 19.1. The number of aliphatic hydroxyl groups is 1. The van der Waals surface area contributed by atoms with Crippen molar-refractivity contribution < 1.29 is 14.2 Å². The van der Waals surface area contributed by atoms with Crippen LogP contribution in [-0.2, 0) is 16.8 Å². The molecule has 0 radical (unpaired) electrons. The molecule has 1 aliphatic heterocycles. The number of aliphatic hydroxyl groups excluding tert-OH is 1. The zero-order valence-corrected chi connectivity index (χ0v) is 18.5. The summed E-state index contributed by atoms with van der Waals surface area (Å²) < 4.78 is 20.5. The molecule has 5 rings (SSSR count). The van der Waals surface area contributed by atoms with Gasteiger partial charge >= 0.3 is 0 Å². The molecule has 2 heterocycles. The van der Waals surface area contributed by atoms with Gasteiger partial charge in [-0.15, -0.1) is 0 Å². The molecule has 2 aromatic rings. The van der Waals surface area contributed by atoms with E-state index in [4.69, 9.17) is 9.72 Å². The summed E-state index contributed by atoms with van der Waals surface area (Å²) >= 11 is 0. The van der Waals surface area contributed by atoms with Crippen LogP contribution >= 0.6 is 0 Å². The van der Waals surface area contributed by atoms with Crippen LogP contribution in [0.5, 0.6) is 0 Å². The summed E-state index contributed by atoms with van der Waals surface area (Å²) in [6.45, 7) is 8.79. The standard InChI is InChI=1S/C26H32FNO2/c1-15(2)23-21-22(20-18(28-23)13-25(3,4)14-19(20)29)26(11-5-6-12-26)30-24(21)16-7-9-17(27)10-8-16/h7-10,15,19,24,29H,5-6,11-14H2,1-4H3/t19?,24-/m1/s1. The second-order valence-electron chi connectivity index (χ2n) is 10.6. The fourth-order valence-corrected chi connectivity index (χ4v) is 6.05. The highest BCUT2D eigenvalue weighted by molar-refractivity contribution is 5.54. The lowest BCUT2D eigenvalue weighted by Crippen LogP contribution is -2.32. The molecule has 0 saturated heterocycles. The van der Waals surface area contributed by atoms with E-state index in [1.807, 2.05) is 12.1 Å². The Balaban J connectivity index is 1.79. The molecule has 1 aromatic heterocycles. The Morgan fingerprint density at radius 1 is 1.10 bits per heavy atom. The van der Waals surface area contributed by atoms with Crippen LogP contribution in [0.1, 0.15) is 112 Å². The summed E-state index contributed by atoms with van der Waals surface area (Å²) in [6.07, 6.45) is 5.06. The summed E-state index contributed by atoms with van der Waals surface area (Å²) in [5.41, 5.74) is 6.15. The molecule has 1 saturated carbocycles. The van der Waals surface area contributed by atoms with Gasteiger partial charge in [-0.3, -0.25) is 4.98 Å². The fourth-order valence-electron chi connectivity index (χ4n) is 6.05. The third-order valence-corrected chi connectivity index (χ3v) is 7.30. The first-order chi connectivity index (χ1) is 14.2. The normalized spacial score (nSPS) is 26.2. The number of aromatic nitrogens is 1. The third-order valence-electron chi connectivity index (χ3n) is 7.30. The van der Waals surface area contributed by atoms with Gasteiger partial charge in [0.2, 0.25) is 0 Å². The number of halogens is 1. The van der Waals surface area contributed by atoms with Crippen LogP contribution < -0.4 is 0 Å². The predicted octanol–water partition coefficient (Wildman–Crippen LogP) is 6.24. The molecular weight excluding hydrogens is 377 g/mol. The Bertz CT molecular complexity index is 974. The second-order valence-corrected chi connectivity index (χ2v) is 10.6. The maximum Gasteiger partial charge on any atom is 0.123 e. The first-order valence-electron chi connectivity index (χ1n) is 11.4. The first-order valence-corrected chi connectivity index (χ1v) is 11.4. The lowest BCUT2D eigenvalue weighted by molar-refractivity contribution is -0.0580. The number of benzene rings is 1. The zero-order chi connectivity index (χ0) is 21.3. The van der Waals surface area contributed by atoms with Crippen molar-refractivity contribution >= 4 is 0 Å². The Hall–Kier alpha value is -1.78. The molecular formula is C26H32FNO2. The van der Waals surface area contributed by atoms with Gasteiger partial charge in [0, 0.05) is 22.5 Å². The molecule has 3 nitrogen and oxygen atoms in total. The smallest absolute Gasteiger partial charge is 0.123 e. The van der Waals surface area contributed by atoms with Crippen molar-refractivity contribution in [3.8, 4) is 0 Å².